The average molecular weight is 286 g/mol. The van der Waals surface area contributed by atoms with E-state index < -0.39 is 0 Å². The topological polar surface area (TPSA) is 101 Å². The number of aromatic amines is 1. The number of nitrogens with zero attached hydrogens (tertiary/aromatic N) is 3. The fourth-order valence-corrected chi connectivity index (χ4v) is 2.33. The smallest absolute Gasteiger partial charge is 0.270 e. The van der Waals surface area contributed by atoms with Gasteiger partial charge < -0.3 is 9.88 Å². The van der Waals surface area contributed by atoms with Crippen LogP contribution in [0.25, 0.3) is 0 Å². The summed E-state index contributed by atoms with van der Waals surface area (Å²) in [5.41, 5.74) is 2.15. The Bertz CT molecular complexity index is 613. The molecule has 6 nitrogen and oxygen atoms in total. The van der Waals surface area contributed by atoms with E-state index in [1.54, 1.807) is 13.8 Å². The van der Waals surface area contributed by atoms with Gasteiger partial charge in [0.15, 0.2) is 5.78 Å². The van der Waals surface area contributed by atoms with Crippen LogP contribution in [-0.2, 0) is 0 Å². The minimum absolute atomic E-state index is 0.0964. The first-order chi connectivity index (χ1) is 9.93. The number of carbonyl (C=O) groups is 2. The largest absolute Gasteiger partial charge is 0.354 e. The van der Waals surface area contributed by atoms with E-state index in [2.05, 4.69) is 4.98 Å². The number of H-pyrrole nitrogens is 1. The normalized spacial score (nSPS) is 9.76. The number of rotatable bonds is 6. The fraction of sp³-hybridized carbons (Fsp3) is 0.467. The summed E-state index contributed by atoms with van der Waals surface area (Å²) in [5, 5.41) is 17.3. The number of hydrogen-bond donors (Lipinski definition) is 1. The van der Waals surface area contributed by atoms with Gasteiger partial charge in [0, 0.05) is 24.3 Å². The minimum atomic E-state index is -0.284. The van der Waals surface area contributed by atoms with Gasteiger partial charge in [-0.3, -0.25) is 9.59 Å². The van der Waals surface area contributed by atoms with Crippen LogP contribution in [0.3, 0.4) is 0 Å². The average Bonchev–Trinajstić information content (AvgIpc) is 2.73. The van der Waals surface area contributed by atoms with Crippen molar-refractivity contribution in [2.75, 3.05) is 13.1 Å². The second-order valence-electron chi connectivity index (χ2n) is 4.79. The van der Waals surface area contributed by atoms with Gasteiger partial charge in [0.05, 0.1) is 25.0 Å². The molecule has 0 saturated heterocycles. The number of ketones is 1. The molecule has 1 heterocycles. The van der Waals surface area contributed by atoms with E-state index >= 15 is 0 Å². The van der Waals surface area contributed by atoms with Gasteiger partial charge in [0.2, 0.25) is 0 Å². The van der Waals surface area contributed by atoms with Crippen molar-refractivity contribution in [3.63, 3.8) is 0 Å². The van der Waals surface area contributed by atoms with Crippen LogP contribution in [0.2, 0.25) is 0 Å². The lowest BCUT2D eigenvalue weighted by molar-refractivity contribution is 0.0756. The molecule has 0 aromatic carbocycles. The molecular weight excluding hydrogens is 268 g/mol. The maximum Gasteiger partial charge on any atom is 0.270 e. The van der Waals surface area contributed by atoms with Crippen LogP contribution in [0.4, 0.5) is 0 Å². The van der Waals surface area contributed by atoms with Crippen LogP contribution in [0.5, 0.6) is 0 Å². The molecule has 0 fully saturated rings. The molecule has 1 N–H and O–H groups in total. The summed E-state index contributed by atoms with van der Waals surface area (Å²) in [6.07, 6.45) is 0.408. The predicted molar refractivity (Wildman–Crippen MR) is 76.6 cm³/mol. The van der Waals surface area contributed by atoms with Gasteiger partial charge in [0.1, 0.15) is 5.69 Å². The Kier molecular flexibility index (Phi) is 5.68. The molecule has 0 aliphatic rings. The third-order valence-electron chi connectivity index (χ3n) is 3.28. The first kappa shape index (κ1) is 16.5. The third-order valence-corrected chi connectivity index (χ3v) is 3.28. The molecule has 0 radical (unpaired) electrons. The molecule has 1 rings (SSSR count). The van der Waals surface area contributed by atoms with Gasteiger partial charge in [-0.05, 0) is 26.3 Å². The van der Waals surface area contributed by atoms with E-state index in [0.717, 1.165) is 0 Å². The van der Waals surface area contributed by atoms with Gasteiger partial charge in [0.25, 0.3) is 5.91 Å². The lowest BCUT2D eigenvalue weighted by Crippen LogP contribution is -2.33. The highest BCUT2D eigenvalue weighted by Crippen LogP contribution is 2.20. The van der Waals surface area contributed by atoms with E-state index in [1.165, 1.54) is 11.8 Å². The number of amides is 1. The quantitative estimate of drug-likeness (QED) is 0.809. The summed E-state index contributed by atoms with van der Waals surface area (Å²) in [6, 6.07) is 3.98. The van der Waals surface area contributed by atoms with Gasteiger partial charge in [-0.2, -0.15) is 10.5 Å². The molecule has 0 bridgehead atoms. The lowest BCUT2D eigenvalue weighted by atomic mass is 10.1. The maximum absolute atomic E-state index is 12.5. The van der Waals surface area contributed by atoms with Crippen LogP contribution in [0.15, 0.2) is 0 Å². The zero-order valence-electron chi connectivity index (χ0n) is 12.5. The van der Waals surface area contributed by atoms with Gasteiger partial charge in [-0.25, -0.2) is 0 Å². The fourth-order valence-electron chi connectivity index (χ4n) is 2.33. The number of aryl methyl sites for hydroxylation is 1. The highest BCUT2D eigenvalue weighted by atomic mass is 16.2. The van der Waals surface area contributed by atoms with E-state index in [0.29, 0.717) is 22.5 Å². The van der Waals surface area contributed by atoms with E-state index in [4.69, 9.17) is 10.5 Å². The van der Waals surface area contributed by atoms with Crippen molar-refractivity contribution in [1.29, 1.82) is 10.5 Å². The van der Waals surface area contributed by atoms with Gasteiger partial charge >= 0.3 is 0 Å². The first-order valence-electron chi connectivity index (χ1n) is 6.67. The van der Waals surface area contributed by atoms with E-state index in [1.807, 2.05) is 12.1 Å². The molecule has 110 valence electrons. The molecule has 1 aromatic heterocycles. The van der Waals surface area contributed by atoms with Crippen molar-refractivity contribution in [3.05, 3.63) is 22.5 Å². The number of hydrogen-bond acceptors (Lipinski definition) is 4. The molecule has 0 saturated carbocycles. The summed E-state index contributed by atoms with van der Waals surface area (Å²) in [4.78, 5) is 28.6. The predicted octanol–water partition coefficient (Wildman–Crippen LogP) is 2.10. The molecule has 1 amide bonds. The second kappa shape index (κ2) is 7.25. The summed E-state index contributed by atoms with van der Waals surface area (Å²) in [6.45, 7) is 5.46. The Morgan fingerprint density at radius 1 is 1.14 bits per heavy atom. The molecule has 0 spiro atoms. The Morgan fingerprint density at radius 3 is 2.05 bits per heavy atom. The summed E-state index contributed by atoms with van der Waals surface area (Å²) >= 11 is 0. The second-order valence-corrected chi connectivity index (χ2v) is 4.79. The summed E-state index contributed by atoms with van der Waals surface area (Å²) < 4.78 is 0. The van der Waals surface area contributed by atoms with Crippen molar-refractivity contribution in [2.24, 2.45) is 0 Å². The number of Topliss-reactive ketones (excluding diaryl/α,β-unsaturated/α-hetero) is 1. The Labute approximate surface area is 124 Å². The van der Waals surface area contributed by atoms with Gasteiger partial charge in [-0.1, -0.05) is 0 Å². The SMILES string of the molecule is CC(=O)c1c(C)[nH]c(C(=O)N(CCC#N)CCC#N)c1C. The zero-order chi connectivity index (χ0) is 16.0. The van der Waals surface area contributed by atoms with Crippen molar-refractivity contribution in [2.45, 2.75) is 33.6 Å². The van der Waals surface area contributed by atoms with Crippen LogP contribution in [-0.4, -0.2) is 34.7 Å². The van der Waals surface area contributed by atoms with Crippen molar-refractivity contribution in [1.82, 2.24) is 9.88 Å². The molecule has 0 aliphatic heterocycles. The summed E-state index contributed by atoms with van der Waals surface area (Å²) in [5.74, 6) is -0.380. The number of nitriles is 2. The lowest BCUT2D eigenvalue weighted by Gasteiger charge is -2.20. The first-order valence-corrected chi connectivity index (χ1v) is 6.67. The number of nitrogens with one attached hydrogen (secondary N) is 1. The highest BCUT2D eigenvalue weighted by Gasteiger charge is 2.23. The van der Waals surface area contributed by atoms with Crippen molar-refractivity contribution < 1.29 is 9.59 Å². The maximum atomic E-state index is 12.5. The Morgan fingerprint density at radius 2 is 1.67 bits per heavy atom. The van der Waals surface area contributed by atoms with Crippen LogP contribution < -0.4 is 0 Å². The molecular formula is C15H18N4O2. The van der Waals surface area contributed by atoms with E-state index in [9.17, 15) is 9.59 Å². The van der Waals surface area contributed by atoms with Crippen LogP contribution in [0.1, 0.15) is 51.9 Å². The van der Waals surface area contributed by atoms with Gasteiger partial charge in [-0.15, -0.1) is 0 Å². The molecule has 0 atom stereocenters. The van der Waals surface area contributed by atoms with Crippen LogP contribution >= 0.6 is 0 Å². The number of carbonyl (C=O) groups excluding carboxylic acids is 2. The molecule has 0 unspecified atom stereocenters. The molecule has 6 heteroatoms. The highest BCUT2D eigenvalue weighted by molar-refractivity contribution is 6.02. The minimum Gasteiger partial charge on any atom is -0.354 e. The van der Waals surface area contributed by atoms with Crippen molar-refractivity contribution in [3.8, 4) is 12.1 Å². The standard InChI is InChI=1S/C15H18N4O2/c1-10-13(12(3)20)11(2)18-14(10)15(21)19(8-4-6-16)9-5-7-17/h18H,4-5,8-9H2,1-3H3. The zero-order valence-corrected chi connectivity index (χ0v) is 12.5. The molecule has 21 heavy (non-hydrogen) atoms. The Hall–Kier alpha value is -2.60. The molecule has 1 aromatic rings. The summed E-state index contributed by atoms with van der Waals surface area (Å²) in [7, 11) is 0. The Balaban J connectivity index is 3.09. The van der Waals surface area contributed by atoms with Crippen molar-refractivity contribution >= 4 is 11.7 Å². The van der Waals surface area contributed by atoms with E-state index in [-0.39, 0.29) is 37.6 Å². The third kappa shape index (κ3) is 3.70. The van der Waals surface area contributed by atoms with Crippen LogP contribution in [0, 0.1) is 36.5 Å². The number of aromatic nitrogens is 1. The molecule has 0 aliphatic carbocycles. The monoisotopic (exact) mass is 286 g/mol.